The van der Waals surface area contributed by atoms with Crippen LogP contribution in [0.2, 0.25) is 0 Å². The number of thiazole rings is 1. The molecule has 0 bridgehead atoms. The first-order valence-electron chi connectivity index (χ1n) is 4.39. The van der Waals surface area contributed by atoms with Gasteiger partial charge in [-0.05, 0) is 13.3 Å². The number of aromatic nitrogens is 1. The third-order valence-corrected chi connectivity index (χ3v) is 2.53. The topological polar surface area (TPSA) is 48.7 Å². The van der Waals surface area contributed by atoms with Crippen molar-refractivity contribution in [2.45, 2.75) is 26.7 Å². The molecule has 0 radical (unpaired) electrons. The van der Waals surface area contributed by atoms with Crippen LogP contribution in [0.4, 0.5) is 5.82 Å². The van der Waals surface area contributed by atoms with E-state index in [-0.39, 0.29) is 0 Å². The SMILES string of the molecule is CCCCNc1nc(C)sc1C#N. The van der Waals surface area contributed by atoms with Crippen molar-refractivity contribution in [1.82, 2.24) is 4.98 Å². The van der Waals surface area contributed by atoms with E-state index < -0.39 is 0 Å². The van der Waals surface area contributed by atoms with Gasteiger partial charge >= 0.3 is 0 Å². The first-order valence-corrected chi connectivity index (χ1v) is 5.21. The van der Waals surface area contributed by atoms with Gasteiger partial charge in [0.05, 0.1) is 5.01 Å². The van der Waals surface area contributed by atoms with Gasteiger partial charge in [-0.2, -0.15) is 5.26 Å². The van der Waals surface area contributed by atoms with Crippen molar-refractivity contribution in [2.75, 3.05) is 11.9 Å². The molecular weight excluding hydrogens is 182 g/mol. The molecule has 1 heterocycles. The van der Waals surface area contributed by atoms with Gasteiger partial charge in [-0.15, -0.1) is 11.3 Å². The third kappa shape index (κ3) is 2.71. The highest BCUT2D eigenvalue weighted by Crippen LogP contribution is 2.21. The zero-order valence-electron chi connectivity index (χ0n) is 7.92. The number of aryl methyl sites for hydroxylation is 1. The van der Waals surface area contributed by atoms with Crippen molar-refractivity contribution in [1.29, 1.82) is 5.26 Å². The Morgan fingerprint density at radius 2 is 2.38 bits per heavy atom. The van der Waals surface area contributed by atoms with E-state index in [1.165, 1.54) is 11.3 Å². The molecule has 0 aromatic carbocycles. The zero-order chi connectivity index (χ0) is 9.68. The average Bonchev–Trinajstić information content (AvgIpc) is 2.47. The molecule has 0 aliphatic carbocycles. The minimum atomic E-state index is 0.689. The molecular formula is C9H13N3S. The summed E-state index contributed by atoms with van der Waals surface area (Å²) < 4.78 is 0. The van der Waals surface area contributed by atoms with Gasteiger partial charge in [0.2, 0.25) is 0 Å². The maximum absolute atomic E-state index is 8.77. The molecule has 0 amide bonds. The Morgan fingerprint density at radius 1 is 1.62 bits per heavy atom. The number of nitrogens with one attached hydrogen (secondary N) is 1. The summed E-state index contributed by atoms with van der Waals surface area (Å²) in [4.78, 5) is 4.93. The van der Waals surface area contributed by atoms with Gasteiger partial charge in [-0.1, -0.05) is 13.3 Å². The fourth-order valence-corrected chi connectivity index (χ4v) is 1.70. The lowest BCUT2D eigenvalue weighted by Gasteiger charge is -2.00. The summed E-state index contributed by atoms with van der Waals surface area (Å²) >= 11 is 1.44. The molecule has 0 atom stereocenters. The number of anilines is 1. The lowest BCUT2D eigenvalue weighted by molar-refractivity contribution is 0.831. The van der Waals surface area contributed by atoms with Crippen LogP contribution in [0.1, 0.15) is 29.7 Å². The number of nitrogens with zero attached hydrogens (tertiary/aromatic N) is 2. The Kier molecular flexibility index (Phi) is 3.71. The van der Waals surface area contributed by atoms with E-state index in [2.05, 4.69) is 23.3 Å². The Hall–Kier alpha value is -1.08. The van der Waals surface area contributed by atoms with Gasteiger partial charge < -0.3 is 5.32 Å². The van der Waals surface area contributed by atoms with Gasteiger partial charge in [-0.3, -0.25) is 0 Å². The van der Waals surface area contributed by atoms with Crippen LogP contribution >= 0.6 is 11.3 Å². The van der Waals surface area contributed by atoms with Crippen molar-refractivity contribution in [3.63, 3.8) is 0 Å². The van der Waals surface area contributed by atoms with E-state index in [1.54, 1.807) is 0 Å². The second kappa shape index (κ2) is 4.83. The van der Waals surface area contributed by atoms with Gasteiger partial charge in [0, 0.05) is 6.54 Å². The Labute approximate surface area is 82.4 Å². The molecule has 0 aliphatic heterocycles. The summed E-state index contributed by atoms with van der Waals surface area (Å²) in [6, 6.07) is 2.14. The molecule has 3 nitrogen and oxygen atoms in total. The molecule has 0 unspecified atom stereocenters. The van der Waals surface area contributed by atoms with Gasteiger partial charge in [0.1, 0.15) is 10.9 Å². The number of rotatable bonds is 4. The van der Waals surface area contributed by atoms with Crippen molar-refractivity contribution in [2.24, 2.45) is 0 Å². The van der Waals surface area contributed by atoms with Gasteiger partial charge in [0.25, 0.3) is 0 Å². The average molecular weight is 195 g/mol. The minimum absolute atomic E-state index is 0.689. The maximum Gasteiger partial charge on any atom is 0.155 e. The normalized spacial score (nSPS) is 9.62. The number of hydrogen-bond donors (Lipinski definition) is 1. The largest absolute Gasteiger partial charge is 0.368 e. The summed E-state index contributed by atoms with van der Waals surface area (Å²) in [6.07, 6.45) is 2.26. The lowest BCUT2D eigenvalue weighted by Crippen LogP contribution is -2.02. The van der Waals surface area contributed by atoms with E-state index in [1.807, 2.05) is 6.92 Å². The predicted molar refractivity (Wildman–Crippen MR) is 55.0 cm³/mol. The predicted octanol–water partition coefficient (Wildman–Crippen LogP) is 2.54. The van der Waals surface area contributed by atoms with Crippen LogP contribution in [-0.4, -0.2) is 11.5 Å². The number of nitriles is 1. The van der Waals surface area contributed by atoms with E-state index in [9.17, 15) is 0 Å². The number of hydrogen-bond acceptors (Lipinski definition) is 4. The van der Waals surface area contributed by atoms with Gasteiger partial charge in [0.15, 0.2) is 5.82 Å². The van der Waals surface area contributed by atoms with Crippen LogP contribution in [0.3, 0.4) is 0 Å². The molecule has 70 valence electrons. The van der Waals surface area contributed by atoms with Crippen LogP contribution in [0.5, 0.6) is 0 Å². The lowest BCUT2D eigenvalue weighted by atomic mass is 10.3. The first kappa shape index (κ1) is 10.0. The van der Waals surface area contributed by atoms with Crippen molar-refractivity contribution < 1.29 is 0 Å². The van der Waals surface area contributed by atoms with Crippen LogP contribution in [0.25, 0.3) is 0 Å². The molecule has 1 aromatic heterocycles. The molecule has 1 N–H and O–H groups in total. The summed E-state index contributed by atoms with van der Waals surface area (Å²) in [5.74, 6) is 0.749. The van der Waals surface area contributed by atoms with E-state index in [4.69, 9.17) is 5.26 Å². The molecule has 1 rings (SSSR count). The Balaban J connectivity index is 2.60. The summed E-state index contributed by atoms with van der Waals surface area (Å²) in [5.41, 5.74) is 0. The van der Waals surface area contributed by atoms with Crippen molar-refractivity contribution in [3.05, 3.63) is 9.88 Å². The fraction of sp³-hybridized carbons (Fsp3) is 0.556. The monoisotopic (exact) mass is 195 g/mol. The van der Waals surface area contributed by atoms with E-state index in [0.717, 1.165) is 30.2 Å². The highest BCUT2D eigenvalue weighted by atomic mass is 32.1. The molecule has 4 heteroatoms. The smallest absolute Gasteiger partial charge is 0.155 e. The van der Waals surface area contributed by atoms with Crippen LogP contribution in [-0.2, 0) is 0 Å². The van der Waals surface area contributed by atoms with Crippen LogP contribution < -0.4 is 5.32 Å². The maximum atomic E-state index is 8.77. The van der Waals surface area contributed by atoms with Crippen molar-refractivity contribution >= 4 is 17.2 Å². The molecule has 0 saturated carbocycles. The summed E-state index contributed by atoms with van der Waals surface area (Å²) in [6.45, 7) is 4.95. The molecule has 1 aromatic rings. The van der Waals surface area contributed by atoms with Gasteiger partial charge in [-0.25, -0.2) is 4.98 Å². The summed E-state index contributed by atoms with van der Waals surface area (Å²) in [5, 5.41) is 12.9. The number of unbranched alkanes of at least 4 members (excludes halogenated alkanes) is 1. The quantitative estimate of drug-likeness (QED) is 0.751. The Morgan fingerprint density at radius 3 is 3.00 bits per heavy atom. The first-order chi connectivity index (χ1) is 6.27. The minimum Gasteiger partial charge on any atom is -0.368 e. The van der Waals surface area contributed by atoms with Crippen LogP contribution in [0.15, 0.2) is 0 Å². The Bertz CT molecular complexity index is 311. The highest BCUT2D eigenvalue weighted by molar-refractivity contribution is 7.12. The third-order valence-electron chi connectivity index (χ3n) is 1.66. The fourth-order valence-electron chi connectivity index (χ4n) is 1.01. The molecule has 0 fully saturated rings. The van der Waals surface area contributed by atoms with E-state index in [0.29, 0.717) is 4.88 Å². The molecule has 13 heavy (non-hydrogen) atoms. The summed E-state index contributed by atoms with van der Waals surface area (Å²) in [7, 11) is 0. The molecule has 0 spiro atoms. The second-order valence-corrected chi connectivity index (χ2v) is 4.01. The highest BCUT2D eigenvalue weighted by Gasteiger charge is 2.06. The van der Waals surface area contributed by atoms with Crippen LogP contribution in [0, 0.1) is 18.3 Å². The second-order valence-electron chi connectivity index (χ2n) is 2.80. The standard InChI is InChI=1S/C9H13N3S/c1-3-4-5-11-9-8(6-10)13-7(2)12-9/h11H,3-5H2,1-2H3. The van der Waals surface area contributed by atoms with E-state index >= 15 is 0 Å². The molecule has 0 aliphatic rings. The zero-order valence-corrected chi connectivity index (χ0v) is 8.74. The van der Waals surface area contributed by atoms with Crippen molar-refractivity contribution in [3.8, 4) is 6.07 Å². The molecule has 0 saturated heterocycles.